The van der Waals surface area contributed by atoms with Gasteiger partial charge in [-0.1, -0.05) is 53.0 Å². The molecule has 0 aliphatic carbocycles. The van der Waals surface area contributed by atoms with Crippen LogP contribution in [0.1, 0.15) is 12.5 Å². The van der Waals surface area contributed by atoms with E-state index in [1.165, 1.54) is 23.1 Å². The second-order valence-corrected chi connectivity index (χ2v) is 10.4. The number of hydrogen-bond acceptors (Lipinski definition) is 6. The Balaban J connectivity index is 1.43. The minimum Gasteiger partial charge on any atom is -0.301 e. The Morgan fingerprint density at radius 2 is 1.94 bits per heavy atom. The summed E-state index contributed by atoms with van der Waals surface area (Å²) in [6.45, 7) is 1.84. The van der Waals surface area contributed by atoms with Crippen LogP contribution in [0.4, 0.5) is 10.8 Å². The van der Waals surface area contributed by atoms with Gasteiger partial charge in [-0.3, -0.25) is 9.79 Å². The number of benzene rings is 2. The predicted octanol–water partition coefficient (Wildman–Crippen LogP) is 8.04. The number of carbonyl (C=O) groups is 1. The molecule has 0 radical (unpaired) electrons. The van der Waals surface area contributed by atoms with Crippen LogP contribution in [0.2, 0.25) is 15.2 Å². The molecule has 0 unspecified atom stereocenters. The number of nitrogens with zero attached hydrogens (tertiary/aromatic N) is 3. The number of amides is 1. The van der Waals surface area contributed by atoms with Gasteiger partial charge in [0, 0.05) is 33.8 Å². The summed E-state index contributed by atoms with van der Waals surface area (Å²) < 4.78 is 0. The number of aliphatic imine (C=N–C) groups is 1. The van der Waals surface area contributed by atoms with E-state index in [-0.39, 0.29) is 11.2 Å². The Morgan fingerprint density at radius 1 is 1.12 bits per heavy atom. The number of anilines is 1. The fourth-order valence-electron chi connectivity index (χ4n) is 2.87. The molecule has 4 aromatic rings. The zero-order valence-corrected chi connectivity index (χ0v) is 21.6. The van der Waals surface area contributed by atoms with Gasteiger partial charge in [0.25, 0.3) is 0 Å². The Hall–Kier alpha value is -2.42. The van der Waals surface area contributed by atoms with Crippen molar-refractivity contribution in [3.8, 4) is 11.3 Å². The minimum atomic E-state index is -0.379. The number of hydrogen-bond donors (Lipinski definition) is 1. The first-order chi connectivity index (χ1) is 16.4. The molecule has 0 spiro atoms. The van der Waals surface area contributed by atoms with E-state index < -0.39 is 0 Å². The van der Waals surface area contributed by atoms with E-state index in [4.69, 9.17) is 34.8 Å². The summed E-state index contributed by atoms with van der Waals surface area (Å²) in [4.78, 5) is 26.8. The molecule has 34 heavy (non-hydrogen) atoms. The highest BCUT2D eigenvalue weighted by Crippen LogP contribution is 2.34. The van der Waals surface area contributed by atoms with Gasteiger partial charge in [0.15, 0.2) is 5.13 Å². The molecule has 2 aromatic heterocycles. The summed E-state index contributed by atoms with van der Waals surface area (Å²) in [6, 6.07) is 16.6. The van der Waals surface area contributed by atoms with Crippen molar-refractivity contribution in [2.24, 2.45) is 4.99 Å². The molecule has 4 rings (SSSR count). The highest BCUT2D eigenvalue weighted by Gasteiger charge is 2.18. The van der Waals surface area contributed by atoms with Crippen LogP contribution >= 0.6 is 57.9 Å². The first kappa shape index (κ1) is 24.7. The third kappa shape index (κ3) is 6.17. The van der Waals surface area contributed by atoms with Crippen LogP contribution in [0.5, 0.6) is 0 Å². The van der Waals surface area contributed by atoms with Gasteiger partial charge < -0.3 is 5.32 Å². The SMILES string of the molecule is C[C@@H](Sc1ccccc1N=Cc1cccnc1Cl)C(=O)Nc1nc(-c2ccc(Cl)c(Cl)c2)cs1. The Morgan fingerprint density at radius 3 is 2.74 bits per heavy atom. The van der Waals surface area contributed by atoms with E-state index in [9.17, 15) is 4.79 Å². The van der Waals surface area contributed by atoms with Gasteiger partial charge in [-0.05, 0) is 43.3 Å². The maximum absolute atomic E-state index is 12.8. The predicted molar refractivity (Wildman–Crippen MR) is 144 cm³/mol. The van der Waals surface area contributed by atoms with Gasteiger partial charge in [-0.2, -0.15) is 0 Å². The average Bonchev–Trinajstić information content (AvgIpc) is 3.29. The van der Waals surface area contributed by atoms with Crippen LogP contribution < -0.4 is 5.32 Å². The molecule has 10 heteroatoms. The Labute approximate surface area is 220 Å². The van der Waals surface area contributed by atoms with Crippen LogP contribution in [-0.2, 0) is 4.79 Å². The Bertz CT molecular complexity index is 1360. The lowest BCUT2D eigenvalue weighted by Crippen LogP contribution is -2.22. The van der Waals surface area contributed by atoms with E-state index in [0.717, 1.165) is 21.7 Å². The second-order valence-electron chi connectivity index (χ2n) is 7.03. The maximum Gasteiger partial charge on any atom is 0.239 e. The molecule has 1 atom stereocenters. The van der Waals surface area contributed by atoms with E-state index in [2.05, 4.69) is 20.3 Å². The number of para-hydroxylation sites is 1. The first-order valence-corrected chi connectivity index (χ1v) is 12.9. The van der Waals surface area contributed by atoms with Crippen LogP contribution in [0.3, 0.4) is 0 Å². The summed E-state index contributed by atoms with van der Waals surface area (Å²) in [7, 11) is 0. The summed E-state index contributed by atoms with van der Waals surface area (Å²) in [5.74, 6) is -0.158. The van der Waals surface area contributed by atoms with E-state index in [1.807, 2.05) is 48.7 Å². The topological polar surface area (TPSA) is 67.2 Å². The van der Waals surface area contributed by atoms with Crippen molar-refractivity contribution in [1.82, 2.24) is 9.97 Å². The van der Waals surface area contributed by atoms with Gasteiger partial charge in [-0.15, -0.1) is 23.1 Å². The zero-order valence-electron chi connectivity index (χ0n) is 17.7. The van der Waals surface area contributed by atoms with Gasteiger partial charge in [-0.25, -0.2) is 9.97 Å². The Kier molecular flexibility index (Phi) is 8.24. The van der Waals surface area contributed by atoms with Gasteiger partial charge in [0.1, 0.15) is 5.15 Å². The molecular formula is C24H17Cl3N4OS2. The highest BCUT2D eigenvalue weighted by atomic mass is 35.5. The van der Waals surface area contributed by atoms with Crippen molar-refractivity contribution >= 4 is 80.8 Å². The van der Waals surface area contributed by atoms with Crippen LogP contribution in [-0.4, -0.2) is 27.3 Å². The highest BCUT2D eigenvalue weighted by molar-refractivity contribution is 8.00. The van der Waals surface area contributed by atoms with Crippen molar-refractivity contribution in [3.63, 3.8) is 0 Å². The van der Waals surface area contributed by atoms with Crippen molar-refractivity contribution in [1.29, 1.82) is 0 Å². The summed E-state index contributed by atoms with van der Waals surface area (Å²) in [5, 5.41) is 6.20. The third-order valence-electron chi connectivity index (χ3n) is 4.62. The normalized spacial score (nSPS) is 12.1. The molecular weight excluding hydrogens is 531 g/mol. The molecule has 0 fully saturated rings. The summed E-state index contributed by atoms with van der Waals surface area (Å²) >= 11 is 21.0. The fraction of sp³-hybridized carbons (Fsp3) is 0.0833. The van der Waals surface area contributed by atoms with E-state index in [0.29, 0.717) is 26.0 Å². The van der Waals surface area contributed by atoms with E-state index in [1.54, 1.807) is 30.6 Å². The molecule has 0 saturated carbocycles. The first-order valence-electron chi connectivity index (χ1n) is 10.0. The lowest BCUT2D eigenvalue weighted by Gasteiger charge is -2.12. The smallest absolute Gasteiger partial charge is 0.239 e. The quantitative estimate of drug-likeness (QED) is 0.144. The molecule has 1 amide bonds. The van der Waals surface area contributed by atoms with Crippen molar-refractivity contribution in [2.75, 3.05) is 5.32 Å². The van der Waals surface area contributed by atoms with Crippen LogP contribution in [0.15, 0.2) is 76.1 Å². The molecule has 1 N–H and O–H groups in total. The zero-order chi connectivity index (χ0) is 24.1. The van der Waals surface area contributed by atoms with Crippen molar-refractivity contribution < 1.29 is 4.79 Å². The number of halogens is 3. The molecule has 0 aliphatic heterocycles. The standard InChI is InChI=1S/C24H17Cl3N4OS2/c1-14(23(32)31-24-30-20(13-33-24)15-8-9-17(25)18(26)11-15)34-21-7-3-2-6-19(21)29-12-16-5-4-10-28-22(16)27/h2-14H,1H3,(H,30,31,32)/t14-/m1/s1. The number of pyridine rings is 1. The second kappa shape index (κ2) is 11.3. The monoisotopic (exact) mass is 546 g/mol. The molecule has 5 nitrogen and oxygen atoms in total. The molecule has 0 aliphatic rings. The fourth-order valence-corrected chi connectivity index (χ4v) is 5.00. The average molecular weight is 548 g/mol. The van der Waals surface area contributed by atoms with Gasteiger partial charge in [0.2, 0.25) is 5.91 Å². The molecule has 0 bridgehead atoms. The minimum absolute atomic E-state index is 0.158. The number of rotatable bonds is 7. The van der Waals surface area contributed by atoms with Gasteiger partial charge in [0.05, 0.1) is 26.7 Å². The van der Waals surface area contributed by atoms with E-state index >= 15 is 0 Å². The number of thioether (sulfide) groups is 1. The lowest BCUT2D eigenvalue weighted by atomic mass is 10.2. The van der Waals surface area contributed by atoms with Crippen molar-refractivity contribution in [2.45, 2.75) is 17.1 Å². The molecule has 2 heterocycles. The van der Waals surface area contributed by atoms with Crippen molar-refractivity contribution in [3.05, 3.63) is 86.9 Å². The third-order valence-corrected chi connectivity index (χ3v) is 7.60. The number of thiazole rings is 1. The number of aromatic nitrogens is 2. The lowest BCUT2D eigenvalue weighted by molar-refractivity contribution is -0.115. The van der Waals surface area contributed by atoms with Crippen LogP contribution in [0.25, 0.3) is 11.3 Å². The summed E-state index contributed by atoms with van der Waals surface area (Å²) in [5.41, 5.74) is 3.00. The largest absolute Gasteiger partial charge is 0.301 e. The van der Waals surface area contributed by atoms with Gasteiger partial charge >= 0.3 is 0 Å². The molecule has 172 valence electrons. The molecule has 2 aromatic carbocycles. The summed E-state index contributed by atoms with van der Waals surface area (Å²) in [6.07, 6.45) is 3.29. The number of carbonyl (C=O) groups excluding carboxylic acids is 1. The van der Waals surface area contributed by atoms with Crippen LogP contribution in [0, 0.1) is 0 Å². The molecule has 0 saturated heterocycles. The maximum atomic E-state index is 12.8. The number of nitrogens with one attached hydrogen (secondary N) is 1.